The number of furan rings is 1. The first kappa shape index (κ1) is 28.9. The van der Waals surface area contributed by atoms with Crippen LogP contribution in [-0.2, 0) is 28.6 Å². The van der Waals surface area contributed by atoms with Crippen LogP contribution in [-0.4, -0.2) is 47.4 Å². The molecular weight excluding hydrogens is 512 g/mol. The molecule has 0 radical (unpaired) electrons. The third-order valence-electron chi connectivity index (χ3n) is 11.5. The zero-order valence-corrected chi connectivity index (χ0v) is 25.0. The summed E-state index contributed by atoms with van der Waals surface area (Å²) in [4.78, 5) is 37.2. The summed E-state index contributed by atoms with van der Waals surface area (Å²) in [6.07, 6.45) is 5.55. The largest absolute Gasteiger partial charge is 0.472 e. The van der Waals surface area contributed by atoms with E-state index in [1.165, 1.54) is 26.3 Å². The molecule has 4 aliphatic carbocycles. The van der Waals surface area contributed by atoms with Crippen molar-refractivity contribution in [3.63, 3.8) is 0 Å². The Morgan fingerprint density at radius 2 is 1.57 bits per heavy atom. The summed E-state index contributed by atoms with van der Waals surface area (Å²) in [7, 11) is 0. The number of rotatable bonds is 4. The van der Waals surface area contributed by atoms with E-state index in [2.05, 4.69) is 26.8 Å². The fraction of sp³-hybridized carbons (Fsp3) is 0.719. The Hall–Kier alpha value is -2.61. The molecule has 5 rings (SSSR count). The summed E-state index contributed by atoms with van der Waals surface area (Å²) in [6.45, 7) is 14.7. The molecule has 0 aliphatic heterocycles. The number of carbonyl (C=O) groups excluding carboxylic acids is 3. The van der Waals surface area contributed by atoms with Crippen LogP contribution < -0.4 is 0 Å². The number of carbonyl (C=O) groups is 3. The summed E-state index contributed by atoms with van der Waals surface area (Å²) in [5.74, 6) is -1.65. The van der Waals surface area contributed by atoms with Gasteiger partial charge < -0.3 is 23.7 Å². The van der Waals surface area contributed by atoms with Crippen molar-refractivity contribution in [1.29, 1.82) is 0 Å². The molecule has 0 bridgehead atoms. The summed E-state index contributed by atoms with van der Waals surface area (Å²) >= 11 is 0. The van der Waals surface area contributed by atoms with Crippen molar-refractivity contribution < 1.29 is 38.1 Å². The van der Waals surface area contributed by atoms with Crippen LogP contribution in [0.25, 0.3) is 0 Å². The van der Waals surface area contributed by atoms with Crippen LogP contribution in [0, 0.1) is 33.5 Å². The Balaban J connectivity index is 1.69. The first-order valence-corrected chi connectivity index (χ1v) is 14.5. The van der Waals surface area contributed by atoms with Crippen molar-refractivity contribution in [2.24, 2.45) is 33.5 Å². The predicted octanol–water partition coefficient (Wildman–Crippen LogP) is 5.34. The lowest BCUT2D eigenvalue weighted by Gasteiger charge is -2.71. The van der Waals surface area contributed by atoms with E-state index in [1.54, 1.807) is 6.26 Å². The average Bonchev–Trinajstić information content (AvgIpc) is 3.47. The number of hydrogen-bond acceptors (Lipinski definition) is 8. The second-order valence-corrected chi connectivity index (χ2v) is 13.9. The summed E-state index contributed by atoms with van der Waals surface area (Å²) < 4.78 is 23.4. The minimum atomic E-state index is -1.09. The molecule has 1 N–H and O–H groups in total. The molecule has 0 saturated heterocycles. The quantitative estimate of drug-likeness (QED) is 0.301. The molecule has 0 amide bonds. The number of aliphatic hydroxyl groups is 1. The summed E-state index contributed by atoms with van der Waals surface area (Å²) in [5, 5.41) is 12.4. The fourth-order valence-electron chi connectivity index (χ4n) is 10.2. The monoisotopic (exact) mass is 556 g/mol. The lowest BCUT2D eigenvalue weighted by Crippen LogP contribution is -2.75. The van der Waals surface area contributed by atoms with Crippen molar-refractivity contribution in [1.82, 2.24) is 0 Å². The van der Waals surface area contributed by atoms with E-state index in [-0.39, 0.29) is 17.3 Å². The van der Waals surface area contributed by atoms with Crippen molar-refractivity contribution in [2.75, 3.05) is 0 Å². The predicted molar refractivity (Wildman–Crippen MR) is 146 cm³/mol. The van der Waals surface area contributed by atoms with Gasteiger partial charge in [0.15, 0.2) is 0 Å². The minimum absolute atomic E-state index is 0.0814. The number of esters is 3. The minimum Gasteiger partial charge on any atom is -0.472 e. The SMILES string of the molecule is CC(=O)OC1CC(OC(C)=O)C2(C)C(C(O)C(OC(C)=O)C3(C)C4=CCC(c5ccoc5)C4(C)CCC32)C1(C)C. The van der Waals surface area contributed by atoms with Gasteiger partial charge in [0, 0.05) is 49.4 Å². The van der Waals surface area contributed by atoms with Gasteiger partial charge in [-0.25, -0.2) is 0 Å². The first-order chi connectivity index (χ1) is 18.6. The molecule has 3 fully saturated rings. The van der Waals surface area contributed by atoms with E-state index in [1.807, 2.05) is 26.2 Å². The van der Waals surface area contributed by atoms with Gasteiger partial charge in [0.25, 0.3) is 0 Å². The second-order valence-electron chi connectivity index (χ2n) is 13.9. The molecule has 4 aliphatic rings. The fourth-order valence-corrected chi connectivity index (χ4v) is 10.2. The molecule has 10 unspecified atom stereocenters. The molecule has 1 heterocycles. The lowest BCUT2D eigenvalue weighted by molar-refractivity contribution is -0.294. The maximum Gasteiger partial charge on any atom is 0.303 e. The molecule has 1 aromatic rings. The Bertz CT molecular complexity index is 1220. The molecule has 0 aromatic carbocycles. The van der Waals surface area contributed by atoms with Gasteiger partial charge in [-0.3, -0.25) is 14.4 Å². The van der Waals surface area contributed by atoms with Gasteiger partial charge in [0.1, 0.15) is 18.3 Å². The molecule has 1 aromatic heterocycles. The Morgan fingerprint density at radius 1 is 0.950 bits per heavy atom. The Morgan fingerprint density at radius 3 is 2.15 bits per heavy atom. The molecule has 8 nitrogen and oxygen atoms in total. The van der Waals surface area contributed by atoms with Crippen molar-refractivity contribution in [3.8, 4) is 0 Å². The zero-order chi connectivity index (χ0) is 29.4. The van der Waals surface area contributed by atoms with Gasteiger partial charge in [0.05, 0.1) is 18.6 Å². The van der Waals surface area contributed by atoms with Crippen LogP contribution >= 0.6 is 0 Å². The number of fused-ring (bicyclic) bond motifs is 5. The van der Waals surface area contributed by atoms with E-state index in [9.17, 15) is 19.5 Å². The van der Waals surface area contributed by atoms with Crippen molar-refractivity contribution in [3.05, 3.63) is 35.8 Å². The smallest absolute Gasteiger partial charge is 0.303 e. The van der Waals surface area contributed by atoms with E-state index >= 15 is 0 Å². The summed E-state index contributed by atoms with van der Waals surface area (Å²) in [6, 6.07) is 2.02. The average molecular weight is 557 g/mol. The highest BCUT2D eigenvalue weighted by atomic mass is 16.6. The van der Waals surface area contributed by atoms with Gasteiger partial charge >= 0.3 is 17.9 Å². The van der Waals surface area contributed by atoms with E-state index < -0.39 is 64.5 Å². The van der Waals surface area contributed by atoms with E-state index in [0.717, 1.165) is 24.8 Å². The van der Waals surface area contributed by atoms with Crippen LogP contribution in [0.4, 0.5) is 0 Å². The Labute approximate surface area is 236 Å². The number of aliphatic hydroxyl groups excluding tert-OH is 1. The molecule has 40 heavy (non-hydrogen) atoms. The van der Waals surface area contributed by atoms with E-state index in [4.69, 9.17) is 18.6 Å². The van der Waals surface area contributed by atoms with Gasteiger partial charge in [-0.05, 0) is 48.1 Å². The molecular formula is C32H44O8. The zero-order valence-electron chi connectivity index (χ0n) is 25.0. The molecule has 8 heteroatoms. The van der Waals surface area contributed by atoms with Gasteiger partial charge in [-0.1, -0.05) is 46.3 Å². The highest BCUT2D eigenvalue weighted by molar-refractivity contribution is 5.67. The van der Waals surface area contributed by atoms with Crippen LogP contribution in [0.1, 0.15) is 92.6 Å². The molecule has 220 valence electrons. The van der Waals surface area contributed by atoms with Crippen LogP contribution in [0.5, 0.6) is 0 Å². The topological polar surface area (TPSA) is 112 Å². The van der Waals surface area contributed by atoms with Crippen molar-refractivity contribution in [2.45, 2.75) is 111 Å². The highest BCUT2D eigenvalue weighted by Gasteiger charge is 2.75. The van der Waals surface area contributed by atoms with Crippen LogP contribution in [0.3, 0.4) is 0 Å². The number of allylic oxidation sites excluding steroid dienone is 1. The number of hydrogen-bond donors (Lipinski definition) is 1. The van der Waals surface area contributed by atoms with Crippen molar-refractivity contribution >= 4 is 17.9 Å². The van der Waals surface area contributed by atoms with Gasteiger partial charge in [-0.2, -0.15) is 0 Å². The number of ether oxygens (including phenoxy) is 3. The highest BCUT2D eigenvalue weighted by Crippen LogP contribution is 2.74. The standard InChI is InChI=1S/C32H44O8/c1-17(33)38-24-15-25(39-18(2)34)32(8)23-11-13-30(6)21(20-12-14-37-16-20)9-10-22(30)31(23,7)28(40-19(3)35)26(36)27(32)29(24,4)5/h10,12,14,16,21,23-28,36H,9,11,13,15H2,1-8H3. The molecule has 0 spiro atoms. The second kappa shape index (κ2) is 9.47. The van der Waals surface area contributed by atoms with E-state index in [0.29, 0.717) is 6.42 Å². The van der Waals surface area contributed by atoms with Gasteiger partial charge in [-0.15, -0.1) is 0 Å². The third kappa shape index (κ3) is 3.92. The normalized spacial score (nSPS) is 43.4. The Kier molecular flexibility index (Phi) is 6.84. The summed E-state index contributed by atoms with van der Waals surface area (Å²) in [5.41, 5.74) is 0.00459. The molecule has 10 atom stereocenters. The van der Waals surface area contributed by atoms with Crippen LogP contribution in [0.2, 0.25) is 0 Å². The maximum atomic E-state index is 12.6. The van der Waals surface area contributed by atoms with Crippen LogP contribution in [0.15, 0.2) is 34.7 Å². The molecule has 3 saturated carbocycles. The lowest BCUT2D eigenvalue weighted by atomic mass is 9.36. The first-order valence-electron chi connectivity index (χ1n) is 14.5. The third-order valence-corrected chi connectivity index (χ3v) is 11.5. The van der Waals surface area contributed by atoms with Gasteiger partial charge in [0.2, 0.25) is 0 Å². The maximum absolute atomic E-state index is 12.6.